The zero-order valence-corrected chi connectivity index (χ0v) is 25.5. The van der Waals surface area contributed by atoms with Gasteiger partial charge in [-0.05, 0) is 54.4 Å². The Morgan fingerprint density at radius 2 is 1.59 bits per heavy atom. The summed E-state index contributed by atoms with van der Waals surface area (Å²) < 4.78 is 28.0. The molecule has 44 heavy (non-hydrogen) atoms. The van der Waals surface area contributed by atoms with Crippen LogP contribution < -0.4 is 18.9 Å². The number of aryl methyl sites for hydroxylation is 1. The summed E-state index contributed by atoms with van der Waals surface area (Å²) in [6.07, 6.45) is 0. The fourth-order valence-corrected chi connectivity index (χ4v) is 5.62. The molecule has 1 unspecified atom stereocenters. The number of Topliss-reactive ketones (excluding diaryl/α,β-unsaturated/α-hetero) is 1. The van der Waals surface area contributed by atoms with Gasteiger partial charge < -0.3 is 33.7 Å². The minimum Gasteiger partial charge on any atom is -0.507 e. The van der Waals surface area contributed by atoms with Crippen LogP contribution in [-0.2, 0) is 20.9 Å². The molecule has 10 nitrogen and oxygen atoms in total. The summed E-state index contributed by atoms with van der Waals surface area (Å²) in [6.45, 7) is 5.92. The first kappa shape index (κ1) is 30.9. The van der Waals surface area contributed by atoms with Crippen molar-refractivity contribution in [1.29, 1.82) is 0 Å². The van der Waals surface area contributed by atoms with Gasteiger partial charge in [0, 0.05) is 31.7 Å². The topological polar surface area (TPSA) is 107 Å². The van der Waals surface area contributed by atoms with E-state index in [1.54, 1.807) is 36.4 Å². The molecule has 0 aromatic heterocycles. The molecule has 2 aliphatic heterocycles. The van der Waals surface area contributed by atoms with Crippen LogP contribution in [0.3, 0.4) is 0 Å². The lowest BCUT2D eigenvalue weighted by Crippen LogP contribution is -2.42. The maximum absolute atomic E-state index is 13.6. The van der Waals surface area contributed by atoms with Crippen LogP contribution in [0.1, 0.15) is 28.3 Å². The Bertz CT molecular complexity index is 1500. The number of carbonyl (C=O) groups is 2. The second-order valence-electron chi connectivity index (χ2n) is 10.7. The molecule has 2 saturated heterocycles. The van der Waals surface area contributed by atoms with Crippen molar-refractivity contribution < 1.29 is 38.4 Å². The third-order valence-corrected chi connectivity index (χ3v) is 7.92. The lowest BCUT2D eigenvalue weighted by molar-refractivity contribution is -0.140. The fourth-order valence-electron chi connectivity index (χ4n) is 5.62. The van der Waals surface area contributed by atoms with Crippen LogP contribution in [0.4, 0.5) is 0 Å². The van der Waals surface area contributed by atoms with Crippen LogP contribution in [0, 0.1) is 6.92 Å². The van der Waals surface area contributed by atoms with Gasteiger partial charge in [0.2, 0.25) is 5.75 Å². The molecule has 0 saturated carbocycles. The quantitative estimate of drug-likeness (QED) is 0.195. The van der Waals surface area contributed by atoms with E-state index in [2.05, 4.69) is 11.0 Å². The van der Waals surface area contributed by atoms with Gasteiger partial charge in [-0.1, -0.05) is 29.8 Å². The predicted molar refractivity (Wildman–Crippen MR) is 164 cm³/mol. The first-order valence-corrected chi connectivity index (χ1v) is 14.5. The highest BCUT2D eigenvalue weighted by Crippen LogP contribution is 2.45. The number of aliphatic hydroxyl groups is 1. The van der Waals surface area contributed by atoms with Gasteiger partial charge in [-0.25, -0.2) is 0 Å². The normalized spacial score (nSPS) is 18.4. The van der Waals surface area contributed by atoms with Crippen molar-refractivity contribution in [3.63, 3.8) is 0 Å². The summed E-state index contributed by atoms with van der Waals surface area (Å²) in [7, 11) is 4.50. The number of aliphatic hydroxyl groups excluding tert-OH is 1. The summed E-state index contributed by atoms with van der Waals surface area (Å²) >= 11 is 0. The number of rotatable bonds is 11. The number of ketones is 1. The van der Waals surface area contributed by atoms with Gasteiger partial charge in [0.1, 0.15) is 18.1 Å². The molecule has 3 aromatic rings. The molecule has 1 amide bonds. The highest BCUT2D eigenvalue weighted by molar-refractivity contribution is 6.46. The third kappa shape index (κ3) is 6.51. The molecule has 10 heteroatoms. The molecule has 2 fully saturated rings. The van der Waals surface area contributed by atoms with Crippen molar-refractivity contribution in [3.8, 4) is 23.0 Å². The van der Waals surface area contributed by atoms with Crippen LogP contribution in [0.5, 0.6) is 23.0 Å². The Morgan fingerprint density at radius 1 is 0.909 bits per heavy atom. The van der Waals surface area contributed by atoms with E-state index in [1.807, 2.05) is 25.1 Å². The van der Waals surface area contributed by atoms with Gasteiger partial charge >= 0.3 is 0 Å². The molecule has 1 atom stereocenters. The molecule has 0 radical (unpaired) electrons. The Kier molecular flexibility index (Phi) is 9.72. The molecule has 232 valence electrons. The van der Waals surface area contributed by atoms with Crippen LogP contribution in [0.25, 0.3) is 5.76 Å². The number of carbonyl (C=O) groups excluding carboxylic acids is 2. The monoisotopic (exact) mass is 602 g/mol. The second kappa shape index (κ2) is 13.8. The lowest BCUT2D eigenvalue weighted by atomic mass is 9.94. The number of methoxy groups -OCH3 is 3. The number of hydrogen-bond donors (Lipinski definition) is 1. The van der Waals surface area contributed by atoms with Gasteiger partial charge in [-0.3, -0.25) is 14.5 Å². The average Bonchev–Trinajstić information content (AvgIpc) is 3.31. The molecule has 5 rings (SSSR count). The van der Waals surface area contributed by atoms with Gasteiger partial charge in [0.15, 0.2) is 11.5 Å². The standard InChI is InChI=1S/C34H38N2O8/c1-22-6-5-7-23(18-22)21-44-26-10-8-24(9-11-26)31(37)29-30(25-19-27(40-2)33(42-4)28(20-25)41-3)36(34(39)32(29)38)13-12-35-14-16-43-17-15-35/h5-11,18-20,30,37H,12-17,21H2,1-4H3. The summed E-state index contributed by atoms with van der Waals surface area (Å²) in [5, 5.41) is 11.6. The van der Waals surface area contributed by atoms with Gasteiger partial charge in [0.25, 0.3) is 11.7 Å². The second-order valence-corrected chi connectivity index (χ2v) is 10.7. The molecular weight excluding hydrogens is 564 g/mol. The van der Waals surface area contributed by atoms with Crippen molar-refractivity contribution in [2.75, 3.05) is 60.7 Å². The Balaban J connectivity index is 1.50. The molecular formula is C34H38N2O8. The van der Waals surface area contributed by atoms with Crippen molar-refractivity contribution in [3.05, 3.63) is 88.5 Å². The zero-order valence-electron chi connectivity index (χ0n) is 25.5. The number of benzene rings is 3. The summed E-state index contributed by atoms with van der Waals surface area (Å²) in [4.78, 5) is 30.8. The van der Waals surface area contributed by atoms with Gasteiger partial charge in [-0.2, -0.15) is 0 Å². The van der Waals surface area contributed by atoms with Gasteiger partial charge in [-0.15, -0.1) is 0 Å². The molecule has 3 aromatic carbocycles. The highest BCUT2D eigenvalue weighted by atomic mass is 16.5. The van der Waals surface area contributed by atoms with E-state index in [4.69, 9.17) is 23.7 Å². The van der Waals surface area contributed by atoms with E-state index < -0.39 is 17.7 Å². The maximum Gasteiger partial charge on any atom is 0.295 e. The number of nitrogens with zero attached hydrogens (tertiary/aromatic N) is 2. The van der Waals surface area contributed by atoms with Crippen molar-refractivity contribution in [1.82, 2.24) is 9.80 Å². The first-order valence-electron chi connectivity index (χ1n) is 14.5. The largest absolute Gasteiger partial charge is 0.507 e. The summed E-state index contributed by atoms with van der Waals surface area (Å²) in [5.41, 5.74) is 3.10. The van der Waals surface area contributed by atoms with Gasteiger partial charge in [0.05, 0.1) is 46.2 Å². The zero-order chi connectivity index (χ0) is 31.2. The minimum atomic E-state index is -0.887. The Hall–Kier alpha value is -4.54. The van der Waals surface area contributed by atoms with Crippen molar-refractivity contribution in [2.24, 2.45) is 0 Å². The average molecular weight is 603 g/mol. The molecule has 0 aliphatic carbocycles. The van der Waals surface area contributed by atoms with Crippen LogP contribution >= 0.6 is 0 Å². The van der Waals surface area contributed by atoms with Crippen LogP contribution in [-0.4, -0.2) is 87.3 Å². The van der Waals surface area contributed by atoms with E-state index in [1.165, 1.54) is 26.2 Å². The van der Waals surface area contributed by atoms with Crippen LogP contribution in [0.2, 0.25) is 0 Å². The van der Waals surface area contributed by atoms with E-state index in [0.29, 0.717) is 60.5 Å². The minimum absolute atomic E-state index is 0.0142. The van der Waals surface area contributed by atoms with Crippen molar-refractivity contribution >= 4 is 17.4 Å². The maximum atomic E-state index is 13.6. The number of amides is 1. The van der Waals surface area contributed by atoms with E-state index in [9.17, 15) is 14.7 Å². The SMILES string of the molecule is COc1cc(C2C(=C(O)c3ccc(OCc4cccc(C)c4)cc3)C(=O)C(=O)N2CCN2CCOCC2)cc(OC)c1OC. The number of ether oxygens (including phenoxy) is 5. The summed E-state index contributed by atoms with van der Waals surface area (Å²) in [5.74, 6) is 0.00723. The lowest BCUT2D eigenvalue weighted by Gasteiger charge is -2.31. The fraction of sp³-hybridized carbons (Fsp3) is 0.353. The van der Waals surface area contributed by atoms with E-state index >= 15 is 0 Å². The molecule has 2 heterocycles. The van der Waals surface area contributed by atoms with E-state index in [0.717, 1.165) is 24.2 Å². The number of morpholine rings is 1. The first-order chi connectivity index (χ1) is 21.3. The molecule has 2 aliphatic rings. The smallest absolute Gasteiger partial charge is 0.295 e. The molecule has 0 bridgehead atoms. The highest BCUT2D eigenvalue weighted by Gasteiger charge is 2.46. The van der Waals surface area contributed by atoms with Crippen LogP contribution in [0.15, 0.2) is 66.2 Å². The Morgan fingerprint density at radius 3 is 2.20 bits per heavy atom. The third-order valence-electron chi connectivity index (χ3n) is 7.92. The number of likely N-dealkylation sites (tertiary alicyclic amines) is 1. The van der Waals surface area contributed by atoms with Crippen molar-refractivity contribution in [2.45, 2.75) is 19.6 Å². The van der Waals surface area contributed by atoms with E-state index in [-0.39, 0.29) is 17.9 Å². The predicted octanol–water partition coefficient (Wildman–Crippen LogP) is 4.35. The Labute approximate surface area is 257 Å². The molecule has 0 spiro atoms. The molecule has 1 N–H and O–H groups in total. The summed E-state index contributed by atoms with van der Waals surface area (Å²) in [6, 6.07) is 17.4. The number of hydrogen-bond acceptors (Lipinski definition) is 9.